The number of nitrogens with zero attached hydrogens (tertiary/aromatic N) is 2. The molecule has 0 aliphatic carbocycles. The van der Waals surface area contributed by atoms with Crippen LogP contribution in [0.25, 0.3) is 0 Å². The fourth-order valence-corrected chi connectivity index (χ4v) is 1.61. The molecule has 0 aliphatic heterocycles. The molecule has 1 rings (SSSR count). The van der Waals surface area contributed by atoms with E-state index in [-0.39, 0.29) is 0 Å². The Morgan fingerprint density at radius 2 is 1.87 bits per heavy atom. The first-order valence-electron chi connectivity index (χ1n) is 5.71. The van der Waals surface area contributed by atoms with Crippen LogP contribution in [-0.4, -0.2) is 16.5 Å². The Morgan fingerprint density at radius 3 is 2.33 bits per heavy atom. The molecule has 0 bridgehead atoms. The van der Waals surface area contributed by atoms with Crippen molar-refractivity contribution in [2.45, 2.75) is 47.0 Å². The predicted octanol–water partition coefficient (Wildman–Crippen LogP) is 2.90. The minimum Gasteiger partial charge on any atom is -0.370 e. The van der Waals surface area contributed by atoms with Gasteiger partial charge in [0, 0.05) is 23.7 Å². The van der Waals surface area contributed by atoms with Crippen LogP contribution in [0.5, 0.6) is 0 Å². The van der Waals surface area contributed by atoms with Crippen LogP contribution < -0.4 is 5.32 Å². The maximum Gasteiger partial charge on any atom is 0.133 e. The zero-order chi connectivity index (χ0) is 11.4. The Hall–Kier alpha value is -1.12. The van der Waals surface area contributed by atoms with Gasteiger partial charge in [0.25, 0.3) is 0 Å². The summed E-state index contributed by atoms with van der Waals surface area (Å²) in [5, 5.41) is 3.31. The largest absolute Gasteiger partial charge is 0.370 e. The Morgan fingerprint density at radius 1 is 1.20 bits per heavy atom. The van der Waals surface area contributed by atoms with E-state index in [1.807, 2.05) is 0 Å². The minimum atomic E-state index is 0.381. The fourth-order valence-electron chi connectivity index (χ4n) is 1.61. The number of hydrogen-bond acceptors (Lipinski definition) is 3. The Labute approximate surface area is 92.3 Å². The second kappa shape index (κ2) is 5.10. The van der Waals surface area contributed by atoms with Gasteiger partial charge in [-0.25, -0.2) is 9.97 Å². The van der Waals surface area contributed by atoms with Crippen LogP contribution in [0.1, 0.15) is 50.7 Å². The minimum absolute atomic E-state index is 0.381. The number of aryl methyl sites for hydroxylation is 1. The third-order valence-corrected chi connectivity index (χ3v) is 2.45. The normalized spacial score (nSPS) is 10.8. The molecule has 1 heterocycles. The van der Waals surface area contributed by atoms with Gasteiger partial charge in [-0.3, -0.25) is 0 Å². The summed E-state index contributed by atoms with van der Waals surface area (Å²) in [4.78, 5) is 9.11. The van der Waals surface area contributed by atoms with Crippen molar-refractivity contribution in [3.8, 4) is 0 Å². The van der Waals surface area contributed by atoms with Crippen LogP contribution >= 0.6 is 0 Å². The highest BCUT2D eigenvalue weighted by Crippen LogP contribution is 2.20. The van der Waals surface area contributed by atoms with E-state index in [1.54, 1.807) is 0 Å². The van der Waals surface area contributed by atoms with Gasteiger partial charge in [-0.2, -0.15) is 0 Å². The lowest BCUT2D eigenvalue weighted by Gasteiger charge is -2.14. The van der Waals surface area contributed by atoms with Crippen LogP contribution in [0.2, 0.25) is 0 Å². The molecule has 15 heavy (non-hydrogen) atoms. The zero-order valence-corrected chi connectivity index (χ0v) is 10.4. The molecule has 0 aliphatic rings. The van der Waals surface area contributed by atoms with E-state index in [9.17, 15) is 0 Å². The first-order valence-corrected chi connectivity index (χ1v) is 5.71. The van der Waals surface area contributed by atoms with Gasteiger partial charge in [-0.1, -0.05) is 20.8 Å². The monoisotopic (exact) mass is 207 g/mol. The number of anilines is 1. The van der Waals surface area contributed by atoms with Gasteiger partial charge in [0.15, 0.2) is 0 Å². The summed E-state index contributed by atoms with van der Waals surface area (Å²) in [5.74, 6) is 2.32. The Balaban J connectivity index is 3.19. The molecule has 3 nitrogen and oxygen atoms in total. The molecule has 1 aromatic heterocycles. The number of hydrogen-bond donors (Lipinski definition) is 1. The fraction of sp³-hybridized carbons (Fsp3) is 0.667. The average Bonchev–Trinajstić information content (AvgIpc) is 2.17. The van der Waals surface area contributed by atoms with E-state index in [1.165, 1.54) is 5.56 Å². The second-order valence-corrected chi connectivity index (χ2v) is 4.03. The summed E-state index contributed by atoms with van der Waals surface area (Å²) in [5.41, 5.74) is 2.34. The Bertz CT molecular complexity index is 332. The third kappa shape index (κ3) is 2.67. The molecule has 0 unspecified atom stereocenters. The predicted molar refractivity (Wildman–Crippen MR) is 64.4 cm³/mol. The highest BCUT2D eigenvalue weighted by atomic mass is 15.0. The lowest BCUT2D eigenvalue weighted by molar-refractivity contribution is 0.759. The molecule has 0 aromatic carbocycles. The SMILES string of the molecule is CCNc1nc(C(C)C)nc(C)c1CC. The van der Waals surface area contributed by atoms with E-state index in [2.05, 4.69) is 49.9 Å². The number of rotatable bonds is 4. The highest BCUT2D eigenvalue weighted by molar-refractivity contribution is 5.46. The number of nitrogens with one attached hydrogen (secondary N) is 1. The lowest BCUT2D eigenvalue weighted by atomic mass is 10.1. The second-order valence-electron chi connectivity index (χ2n) is 4.03. The first-order chi connectivity index (χ1) is 7.10. The lowest BCUT2D eigenvalue weighted by Crippen LogP contribution is -2.10. The Kier molecular flexibility index (Phi) is 4.06. The molecule has 0 saturated carbocycles. The smallest absolute Gasteiger partial charge is 0.133 e. The molecule has 0 saturated heterocycles. The molecule has 0 fully saturated rings. The van der Waals surface area contributed by atoms with Crippen LogP contribution in [0, 0.1) is 6.92 Å². The van der Waals surface area contributed by atoms with E-state index < -0.39 is 0 Å². The molecule has 84 valence electrons. The van der Waals surface area contributed by atoms with Gasteiger partial charge in [-0.15, -0.1) is 0 Å². The zero-order valence-electron chi connectivity index (χ0n) is 10.4. The molecule has 0 radical (unpaired) electrons. The number of aromatic nitrogens is 2. The van der Waals surface area contributed by atoms with E-state index in [0.29, 0.717) is 5.92 Å². The molecule has 0 atom stereocenters. The summed E-state index contributed by atoms with van der Waals surface area (Å²) >= 11 is 0. The highest BCUT2D eigenvalue weighted by Gasteiger charge is 2.11. The quantitative estimate of drug-likeness (QED) is 0.825. The summed E-state index contributed by atoms with van der Waals surface area (Å²) in [6.45, 7) is 11.4. The molecule has 0 amide bonds. The van der Waals surface area contributed by atoms with Gasteiger partial charge in [-0.05, 0) is 20.3 Å². The van der Waals surface area contributed by atoms with E-state index in [0.717, 1.165) is 30.3 Å². The molecule has 3 heteroatoms. The van der Waals surface area contributed by atoms with Crippen LogP contribution in [-0.2, 0) is 6.42 Å². The van der Waals surface area contributed by atoms with Gasteiger partial charge < -0.3 is 5.32 Å². The average molecular weight is 207 g/mol. The molecule has 1 aromatic rings. The van der Waals surface area contributed by atoms with Gasteiger partial charge in [0.1, 0.15) is 11.6 Å². The topological polar surface area (TPSA) is 37.8 Å². The maximum atomic E-state index is 4.57. The summed E-state index contributed by atoms with van der Waals surface area (Å²) < 4.78 is 0. The van der Waals surface area contributed by atoms with Crippen LogP contribution in [0.15, 0.2) is 0 Å². The van der Waals surface area contributed by atoms with Crippen molar-refractivity contribution in [3.63, 3.8) is 0 Å². The van der Waals surface area contributed by atoms with Gasteiger partial charge >= 0.3 is 0 Å². The van der Waals surface area contributed by atoms with Crippen molar-refractivity contribution in [2.24, 2.45) is 0 Å². The molecule has 1 N–H and O–H groups in total. The standard InChI is InChI=1S/C12H21N3/c1-6-10-9(5)14-11(8(3)4)15-12(10)13-7-2/h8H,6-7H2,1-5H3,(H,13,14,15). The first kappa shape index (κ1) is 12.0. The molecular weight excluding hydrogens is 186 g/mol. The third-order valence-electron chi connectivity index (χ3n) is 2.45. The summed E-state index contributed by atoms with van der Waals surface area (Å²) in [6, 6.07) is 0. The maximum absolute atomic E-state index is 4.57. The van der Waals surface area contributed by atoms with Crippen molar-refractivity contribution in [3.05, 3.63) is 17.1 Å². The van der Waals surface area contributed by atoms with Crippen molar-refractivity contribution >= 4 is 5.82 Å². The van der Waals surface area contributed by atoms with Gasteiger partial charge in [0.05, 0.1) is 0 Å². The van der Waals surface area contributed by atoms with E-state index in [4.69, 9.17) is 0 Å². The van der Waals surface area contributed by atoms with E-state index >= 15 is 0 Å². The molecular formula is C12H21N3. The molecule has 0 spiro atoms. The summed E-state index contributed by atoms with van der Waals surface area (Å²) in [7, 11) is 0. The van der Waals surface area contributed by atoms with Crippen molar-refractivity contribution in [1.82, 2.24) is 9.97 Å². The van der Waals surface area contributed by atoms with Crippen molar-refractivity contribution in [2.75, 3.05) is 11.9 Å². The van der Waals surface area contributed by atoms with Crippen LogP contribution in [0.4, 0.5) is 5.82 Å². The van der Waals surface area contributed by atoms with Crippen molar-refractivity contribution < 1.29 is 0 Å². The summed E-state index contributed by atoms with van der Waals surface area (Å²) in [6.07, 6.45) is 0.979. The van der Waals surface area contributed by atoms with Crippen molar-refractivity contribution in [1.29, 1.82) is 0 Å². The van der Waals surface area contributed by atoms with Crippen LogP contribution in [0.3, 0.4) is 0 Å². The van der Waals surface area contributed by atoms with Gasteiger partial charge in [0.2, 0.25) is 0 Å².